The molecule has 0 fully saturated rings. The molecule has 0 saturated heterocycles. The van der Waals surface area contributed by atoms with E-state index in [-0.39, 0.29) is 18.3 Å². The Hall–Kier alpha value is -3.15. The van der Waals surface area contributed by atoms with Crippen molar-refractivity contribution < 1.29 is 23.9 Å². The molecule has 0 aliphatic carbocycles. The van der Waals surface area contributed by atoms with E-state index >= 15 is 0 Å². The predicted octanol–water partition coefficient (Wildman–Crippen LogP) is 3.18. The Morgan fingerprint density at radius 2 is 1.79 bits per heavy atom. The number of para-hydroxylation sites is 1. The molecule has 28 heavy (non-hydrogen) atoms. The van der Waals surface area contributed by atoms with Crippen LogP contribution in [0.4, 0.5) is 5.69 Å². The average molecular weight is 381 g/mol. The molecule has 1 heterocycles. The number of nitrogens with zero attached hydrogens (tertiary/aromatic N) is 1. The fourth-order valence-corrected chi connectivity index (χ4v) is 3.15. The van der Waals surface area contributed by atoms with E-state index in [1.54, 1.807) is 43.0 Å². The van der Waals surface area contributed by atoms with Gasteiger partial charge >= 0.3 is 5.97 Å². The molecular weight excluding hydrogens is 358 g/mol. The number of ether oxygens (including phenoxy) is 2. The van der Waals surface area contributed by atoms with Crippen LogP contribution in [0.2, 0.25) is 0 Å². The van der Waals surface area contributed by atoms with Gasteiger partial charge in [-0.3, -0.25) is 9.59 Å². The van der Waals surface area contributed by atoms with Crippen LogP contribution in [0.3, 0.4) is 0 Å². The minimum absolute atomic E-state index is 0.0433. The van der Waals surface area contributed by atoms with Crippen molar-refractivity contribution in [2.24, 2.45) is 0 Å². The van der Waals surface area contributed by atoms with Crippen molar-refractivity contribution in [3.05, 3.63) is 59.7 Å². The molecule has 0 radical (unpaired) electrons. The molecule has 0 saturated carbocycles. The third-order valence-electron chi connectivity index (χ3n) is 4.66. The first-order chi connectivity index (χ1) is 13.5. The third-order valence-corrected chi connectivity index (χ3v) is 4.66. The summed E-state index contributed by atoms with van der Waals surface area (Å²) in [6.07, 6.45) is 0.328. The number of carbonyl (C=O) groups is 3. The standard InChI is InChI=1S/C22H23NO5/c1-3-20(24)17-8-10-18(11-9-17)27-14-21(25)28-15(2)22(26)23-13-12-16-6-4-5-7-19(16)23/h4-11,15H,3,12-14H2,1-2H3/t15-/m1/s1. The van der Waals surface area contributed by atoms with E-state index in [1.807, 2.05) is 24.3 Å². The van der Waals surface area contributed by atoms with Gasteiger partial charge in [-0.25, -0.2) is 4.79 Å². The topological polar surface area (TPSA) is 72.9 Å². The van der Waals surface area contributed by atoms with Crippen molar-refractivity contribution in [3.8, 4) is 5.75 Å². The highest BCUT2D eigenvalue weighted by Crippen LogP contribution is 2.28. The van der Waals surface area contributed by atoms with Crippen molar-refractivity contribution in [3.63, 3.8) is 0 Å². The normalized spacial score (nSPS) is 13.6. The van der Waals surface area contributed by atoms with Crippen LogP contribution in [0.25, 0.3) is 0 Å². The number of amides is 1. The van der Waals surface area contributed by atoms with Gasteiger partial charge in [0.25, 0.3) is 5.91 Å². The Kier molecular flexibility index (Phi) is 6.09. The molecule has 0 spiro atoms. The molecule has 1 atom stereocenters. The molecule has 146 valence electrons. The van der Waals surface area contributed by atoms with Gasteiger partial charge in [-0.15, -0.1) is 0 Å². The van der Waals surface area contributed by atoms with Crippen LogP contribution < -0.4 is 9.64 Å². The van der Waals surface area contributed by atoms with Crippen molar-refractivity contribution in [1.82, 2.24) is 0 Å². The second kappa shape index (κ2) is 8.69. The monoisotopic (exact) mass is 381 g/mol. The number of ketones is 1. The van der Waals surface area contributed by atoms with Gasteiger partial charge in [0.1, 0.15) is 5.75 Å². The molecule has 0 aromatic heterocycles. The molecule has 0 bridgehead atoms. The minimum Gasteiger partial charge on any atom is -0.482 e. The highest BCUT2D eigenvalue weighted by Gasteiger charge is 2.29. The number of fused-ring (bicyclic) bond motifs is 1. The molecule has 0 unspecified atom stereocenters. The van der Waals surface area contributed by atoms with Gasteiger partial charge < -0.3 is 14.4 Å². The van der Waals surface area contributed by atoms with Crippen LogP contribution in [0.5, 0.6) is 5.75 Å². The molecular formula is C22H23NO5. The van der Waals surface area contributed by atoms with E-state index < -0.39 is 12.1 Å². The maximum absolute atomic E-state index is 12.6. The SMILES string of the molecule is CCC(=O)c1ccc(OCC(=O)O[C@H](C)C(=O)N2CCc3ccccc32)cc1. The molecule has 2 aromatic rings. The molecule has 1 aliphatic rings. The lowest BCUT2D eigenvalue weighted by Gasteiger charge is -2.21. The molecule has 2 aromatic carbocycles. The summed E-state index contributed by atoms with van der Waals surface area (Å²) in [6.45, 7) is 3.63. The van der Waals surface area contributed by atoms with Crippen LogP contribution in [0.15, 0.2) is 48.5 Å². The number of benzene rings is 2. The second-order valence-corrected chi connectivity index (χ2v) is 6.59. The van der Waals surface area contributed by atoms with Gasteiger partial charge in [0, 0.05) is 24.2 Å². The zero-order valence-corrected chi connectivity index (χ0v) is 16.0. The quantitative estimate of drug-likeness (QED) is 0.544. The van der Waals surface area contributed by atoms with E-state index in [0.29, 0.717) is 24.3 Å². The lowest BCUT2D eigenvalue weighted by atomic mass is 10.1. The summed E-state index contributed by atoms with van der Waals surface area (Å²) in [4.78, 5) is 37.9. The van der Waals surface area contributed by atoms with Crippen molar-refractivity contribution >= 4 is 23.3 Å². The van der Waals surface area contributed by atoms with Gasteiger partial charge in [-0.1, -0.05) is 25.1 Å². The number of hydrogen-bond acceptors (Lipinski definition) is 5. The van der Waals surface area contributed by atoms with Crippen LogP contribution in [-0.2, 0) is 20.7 Å². The summed E-state index contributed by atoms with van der Waals surface area (Å²) in [5.41, 5.74) is 2.58. The van der Waals surface area contributed by atoms with E-state index in [9.17, 15) is 14.4 Å². The van der Waals surface area contributed by atoms with E-state index in [4.69, 9.17) is 9.47 Å². The smallest absolute Gasteiger partial charge is 0.344 e. The Labute approximate surface area is 164 Å². The summed E-state index contributed by atoms with van der Waals surface area (Å²) in [5.74, 6) is -0.374. The van der Waals surface area contributed by atoms with Gasteiger partial charge in [0.2, 0.25) is 0 Å². The molecule has 1 amide bonds. The van der Waals surface area contributed by atoms with E-state index in [2.05, 4.69) is 0 Å². The first-order valence-electron chi connectivity index (χ1n) is 9.34. The number of hydrogen-bond donors (Lipinski definition) is 0. The van der Waals surface area contributed by atoms with E-state index in [0.717, 1.165) is 17.7 Å². The largest absolute Gasteiger partial charge is 0.482 e. The maximum Gasteiger partial charge on any atom is 0.344 e. The summed E-state index contributed by atoms with van der Waals surface area (Å²) in [6, 6.07) is 14.3. The molecule has 1 aliphatic heterocycles. The summed E-state index contributed by atoms with van der Waals surface area (Å²) < 4.78 is 10.6. The van der Waals surface area contributed by atoms with Crippen LogP contribution >= 0.6 is 0 Å². The Balaban J connectivity index is 1.51. The fraction of sp³-hybridized carbons (Fsp3) is 0.318. The summed E-state index contributed by atoms with van der Waals surface area (Å²) in [7, 11) is 0. The van der Waals surface area contributed by atoms with Crippen LogP contribution in [0, 0.1) is 0 Å². The van der Waals surface area contributed by atoms with Crippen molar-refractivity contribution in [1.29, 1.82) is 0 Å². The zero-order valence-electron chi connectivity index (χ0n) is 16.0. The Morgan fingerprint density at radius 3 is 2.50 bits per heavy atom. The molecule has 6 heteroatoms. The predicted molar refractivity (Wildman–Crippen MR) is 105 cm³/mol. The molecule has 3 rings (SSSR count). The first-order valence-corrected chi connectivity index (χ1v) is 9.34. The lowest BCUT2D eigenvalue weighted by molar-refractivity contribution is -0.155. The van der Waals surface area contributed by atoms with Gasteiger partial charge in [-0.2, -0.15) is 0 Å². The van der Waals surface area contributed by atoms with E-state index in [1.165, 1.54) is 0 Å². The number of esters is 1. The molecule has 0 N–H and O–H groups in total. The minimum atomic E-state index is -0.896. The van der Waals surface area contributed by atoms with Crippen LogP contribution in [0.1, 0.15) is 36.2 Å². The van der Waals surface area contributed by atoms with Crippen molar-refractivity contribution in [2.75, 3.05) is 18.1 Å². The zero-order chi connectivity index (χ0) is 20.1. The highest BCUT2D eigenvalue weighted by molar-refractivity contribution is 5.99. The number of anilines is 1. The maximum atomic E-state index is 12.6. The third kappa shape index (κ3) is 4.39. The number of carbonyl (C=O) groups excluding carboxylic acids is 3. The van der Waals surface area contributed by atoms with Crippen molar-refractivity contribution in [2.45, 2.75) is 32.8 Å². The summed E-state index contributed by atoms with van der Waals surface area (Å²) in [5, 5.41) is 0. The highest BCUT2D eigenvalue weighted by atomic mass is 16.6. The molecule has 6 nitrogen and oxygen atoms in total. The average Bonchev–Trinajstić information content (AvgIpc) is 3.15. The number of Topliss-reactive ketones (excluding diaryl/α,β-unsaturated/α-hetero) is 1. The number of rotatable bonds is 7. The fourth-order valence-electron chi connectivity index (χ4n) is 3.15. The Bertz CT molecular complexity index is 875. The first kappa shape index (κ1) is 19.6. The lowest BCUT2D eigenvalue weighted by Crippen LogP contribution is -2.39. The van der Waals surface area contributed by atoms with Gasteiger partial charge in [-0.05, 0) is 49.2 Å². The second-order valence-electron chi connectivity index (χ2n) is 6.59. The van der Waals surface area contributed by atoms with Gasteiger partial charge in [0.05, 0.1) is 0 Å². The van der Waals surface area contributed by atoms with Crippen LogP contribution in [-0.4, -0.2) is 36.9 Å². The van der Waals surface area contributed by atoms with Gasteiger partial charge in [0.15, 0.2) is 18.5 Å². The summed E-state index contributed by atoms with van der Waals surface area (Å²) >= 11 is 0. The Morgan fingerprint density at radius 1 is 1.07 bits per heavy atom.